The maximum absolute atomic E-state index is 10.5. The summed E-state index contributed by atoms with van der Waals surface area (Å²) in [5.41, 5.74) is 0. The Morgan fingerprint density at radius 2 is 2.36 bits per heavy atom. The molecule has 0 aliphatic rings. The van der Waals surface area contributed by atoms with E-state index < -0.39 is 12.3 Å². The van der Waals surface area contributed by atoms with Crippen molar-refractivity contribution in [1.29, 1.82) is 0 Å². The molecule has 11 heavy (non-hydrogen) atoms. The van der Waals surface area contributed by atoms with E-state index in [2.05, 4.69) is 16.1 Å². The van der Waals surface area contributed by atoms with Gasteiger partial charge in [-0.1, -0.05) is 12.7 Å². The van der Waals surface area contributed by atoms with Gasteiger partial charge in [-0.3, -0.25) is 0 Å². The molecule has 0 saturated carbocycles. The summed E-state index contributed by atoms with van der Waals surface area (Å²) in [4.78, 5) is 10.5. The van der Waals surface area contributed by atoms with E-state index in [0.29, 0.717) is 0 Å². The molecule has 0 spiro atoms. The monoisotopic (exact) mass is 160 g/mol. The zero-order valence-electron chi connectivity index (χ0n) is 6.45. The molecule has 0 aromatic heterocycles. The topological polar surface area (TPSA) is 55.8 Å². The number of ether oxygens (including phenoxy) is 2. The van der Waals surface area contributed by atoms with E-state index in [-0.39, 0.29) is 13.2 Å². The van der Waals surface area contributed by atoms with E-state index in [1.807, 2.05) is 0 Å². The summed E-state index contributed by atoms with van der Waals surface area (Å²) in [6.45, 7) is 4.94. The van der Waals surface area contributed by atoms with E-state index in [9.17, 15) is 4.79 Å². The molecular weight excluding hydrogens is 148 g/mol. The Hall–Kier alpha value is -1.03. The lowest BCUT2D eigenvalue weighted by molar-refractivity contribution is 0.0291. The van der Waals surface area contributed by atoms with Gasteiger partial charge < -0.3 is 14.6 Å². The molecule has 0 aliphatic heterocycles. The predicted octanol–water partition coefficient (Wildman–Crippen LogP) is 0.706. The Morgan fingerprint density at radius 1 is 1.73 bits per heavy atom. The van der Waals surface area contributed by atoms with Gasteiger partial charge in [-0.15, -0.1) is 0 Å². The molecule has 1 atom stereocenters. The lowest BCUT2D eigenvalue weighted by atomic mass is 10.5. The number of hydrogen-bond donors (Lipinski definition) is 1. The highest BCUT2D eigenvalue weighted by atomic mass is 16.7. The van der Waals surface area contributed by atoms with Gasteiger partial charge in [-0.05, 0) is 6.92 Å². The van der Waals surface area contributed by atoms with Crippen LogP contribution in [0.1, 0.15) is 6.92 Å². The molecule has 1 unspecified atom stereocenters. The van der Waals surface area contributed by atoms with E-state index in [1.54, 1.807) is 0 Å². The van der Waals surface area contributed by atoms with E-state index >= 15 is 0 Å². The molecule has 0 rings (SSSR count). The van der Waals surface area contributed by atoms with Gasteiger partial charge >= 0.3 is 6.16 Å². The van der Waals surface area contributed by atoms with Crippen molar-refractivity contribution in [3.05, 3.63) is 12.7 Å². The van der Waals surface area contributed by atoms with Gasteiger partial charge in [0.15, 0.2) is 0 Å². The van der Waals surface area contributed by atoms with E-state index in [0.717, 1.165) is 0 Å². The number of aliphatic hydroxyl groups excluding tert-OH is 1. The number of hydrogen-bond acceptors (Lipinski definition) is 4. The minimum Gasteiger partial charge on any atom is -0.432 e. The molecule has 0 amide bonds. The summed E-state index contributed by atoms with van der Waals surface area (Å²) in [5.74, 6) is 0. The fourth-order valence-corrected chi connectivity index (χ4v) is 0.357. The predicted molar refractivity (Wildman–Crippen MR) is 39.2 cm³/mol. The van der Waals surface area contributed by atoms with Crippen LogP contribution in [0.2, 0.25) is 0 Å². The zero-order valence-corrected chi connectivity index (χ0v) is 6.45. The molecule has 64 valence electrons. The van der Waals surface area contributed by atoms with E-state index in [4.69, 9.17) is 5.11 Å². The second-order valence-corrected chi connectivity index (χ2v) is 2.01. The quantitative estimate of drug-likeness (QED) is 0.486. The van der Waals surface area contributed by atoms with Crippen LogP contribution in [0.25, 0.3) is 0 Å². The smallest absolute Gasteiger partial charge is 0.432 e. The van der Waals surface area contributed by atoms with Gasteiger partial charge in [-0.2, -0.15) is 0 Å². The highest BCUT2D eigenvalue weighted by Gasteiger charge is 2.03. The van der Waals surface area contributed by atoms with Crippen LogP contribution in [0.15, 0.2) is 12.7 Å². The second-order valence-electron chi connectivity index (χ2n) is 2.01. The van der Waals surface area contributed by atoms with Crippen LogP contribution in [0.3, 0.4) is 0 Å². The van der Waals surface area contributed by atoms with Crippen LogP contribution in [0.5, 0.6) is 0 Å². The Morgan fingerprint density at radius 3 is 2.82 bits per heavy atom. The van der Waals surface area contributed by atoms with Crippen LogP contribution >= 0.6 is 0 Å². The molecule has 4 heteroatoms. The maximum Gasteiger partial charge on any atom is 0.508 e. The lowest BCUT2D eigenvalue weighted by Crippen LogP contribution is -2.16. The SMILES string of the molecule is C=CCOC(=O)OCC(C)O. The summed E-state index contributed by atoms with van der Waals surface area (Å²) in [5, 5.41) is 8.67. The van der Waals surface area contributed by atoms with Gasteiger partial charge in [0.05, 0.1) is 6.10 Å². The molecule has 0 aromatic rings. The molecule has 0 aliphatic carbocycles. The van der Waals surface area contributed by atoms with Crippen molar-refractivity contribution in [2.45, 2.75) is 13.0 Å². The van der Waals surface area contributed by atoms with Crippen molar-refractivity contribution in [1.82, 2.24) is 0 Å². The van der Waals surface area contributed by atoms with Crippen molar-refractivity contribution >= 4 is 6.16 Å². The van der Waals surface area contributed by atoms with Gasteiger partial charge in [0.1, 0.15) is 13.2 Å². The Bertz CT molecular complexity index is 130. The molecule has 0 radical (unpaired) electrons. The second kappa shape index (κ2) is 5.73. The van der Waals surface area contributed by atoms with Crippen molar-refractivity contribution in [2.24, 2.45) is 0 Å². The largest absolute Gasteiger partial charge is 0.508 e. The van der Waals surface area contributed by atoms with Gasteiger partial charge in [0.25, 0.3) is 0 Å². The minimum atomic E-state index is -0.786. The minimum absolute atomic E-state index is 0.0457. The summed E-state index contributed by atoms with van der Waals surface area (Å²) in [6, 6.07) is 0. The molecule has 0 heterocycles. The Balaban J connectivity index is 3.29. The third-order valence-electron chi connectivity index (χ3n) is 0.761. The fourth-order valence-electron chi connectivity index (χ4n) is 0.357. The Kier molecular flexibility index (Phi) is 5.20. The first-order valence-corrected chi connectivity index (χ1v) is 3.25. The number of carbonyl (C=O) groups excluding carboxylic acids is 1. The highest BCUT2D eigenvalue weighted by molar-refractivity contribution is 5.59. The van der Waals surface area contributed by atoms with Crippen LogP contribution in [0.4, 0.5) is 4.79 Å². The van der Waals surface area contributed by atoms with Crippen LogP contribution < -0.4 is 0 Å². The number of rotatable bonds is 4. The van der Waals surface area contributed by atoms with E-state index in [1.165, 1.54) is 13.0 Å². The lowest BCUT2D eigenvalue weighted by Gasteiger charge is -2.05. The van der Waals surface area contributed by atoms with Gasteiger partial charge in [0.2, 0.25) is 0 Å². The highest BCUT2D eigenvalue weighted by Crippen LogP contribution is 1.88. The van der Waals surface area contributed by atoms with Crippen molar-refractivity contribution < 1.29 is 19.4 Å². The molecule has 0 bridgehead atoms. The Labute approximate surface area is 65.4 Å². The van der Waals surface area contributed by atoms with Crippen LogP contribution in [0, 0.1) is 0 Å². The third kappa shape index (κ3) is 6.86. The first-order chi connectivity index (χ1) is 5.16. The molecule has 0 saturated heterocycles. The van der Waals surface area contributed by atoms with Crippen molar-refractivity contribution in [3.63, 3.8) is 0 Å². The fraction of sp³-hybridized carbons (Fsp3) is 0.571. The summed E-state index contributed by atoms with van der Waals surface area (Å²) in [7, 11) is 0. The summed E-state index contributed by atoms with van der Waals surface area (Å²) >= 11 is 0. The average molecular weight is 160 g/mol. The maximum atomic E-state index is 10.5. The zero-order chi connectivity index (χ0) is 8.69. The number of aliphatic hydroxyl groups is 1. The third-order valence-corrected chi connectivity index (χ3v) is 0.761. The van der Waals surface area contributed by atoms with Crippen molar-refractivity contribution in [2.75, 3.05) is 13.2 Å². The number of carbonyl (C=O) groups is 1. The molecule has 1 N–H and O–H groups in total. The molecular formula is C7H12O4. The molecule has 0 fully saturated rings. The van der Waals surface area contributed by atoms with Gasteiger partial charge in [0, 0.05) is 0 Å². The van der Waals surface area contributed by atoms with Crippen LogP contribution in [-0.2, 0) is 9.47 Å². The van der Waals surface area contributed by atoms with Gasteiger partial charge in [-0.25, -0.2) is 4.79 Å². The molecule has 0 aromatic carbocycles. The average Bonchev–Trinajstić information content (AvgIpc) is 1.97. The summed E-state index contributed by atoms with van der Waals surface area (Å²) in [6.07, 6.45) is -0.0130. The normalized spacial score (nSPS) is 11.8. The molecule has 4 nitrogen and oxygen atoms in total. The first-order valence-electron chi connectivity index (χ1n) is 3.25. The van der Waals surface area contributed by atoms with Crippen LogP contribution in [-0.4, -0.2) is 30.6 Å². The van der Waals surface area contributed by atoms with Crippen molar-refractivity contribution in [3.8, 4) is 0 Å². The standard InChI is InChI=1S/C7H12O4/c1-3-4-10-7(9)11-5-6(2)8/h3,6,8H,1,4-5H2,2H3. The summed E-state index contributed by atoms with van der Waals surface area (Å²) < 4.78 is 8.90. The first kappa shape index (κ1) is 9.97.